The third-order valence-electron chi connectivity index (χ3n) is 4.06. The van der Waals surface area contributed by atoms with Gasteiger partial charge in [0.05, 0.1) is 17.7 Å². The molecule has 7 heteroatoms. The van der Waals surface area contributed by atoms with Crippen molar-refractivity contribution < 1.29 is 24.2 Å². The molecule has 1 unspecified atom stereocenters. The number of Topliss-reactive ketones (excluding diaryl/α,β-unsaturated/α-hetero) is 1. The van der Waals surface area contributed by atoms with Gasteiger partial charge in [0.1, 0.15) is 25.1 Å². The molecule has 2 aromatic carbocycles. The van der Waals surface area contributed by atoms with Gasteiger partial charge in [0.25, 0.3) is 0 Å². The number of benzene rings is 2. The molecule has 2 aromatic rings. The highest BCUT2D eigenvalue weighted by Gasteiger charge is 2.29. The maximum absolute atomic E-state index is 12.4. The van der Waals surface area contributed by atoms with E-state index in [1.54, 1.807) is 6.07 Å². The summed E-state index contributed by atoms with van der Waals surface area (Å²) in [7, 11) is 0. The Balaban J connectivity index is 1.64. The van der Waals surface area contributed by atoms with Gasteiger partial charge in [0.15, 0.2) is 17.3 Å². The monoisotopic (exact) mass is 328 g/mol. The van der Waals surface area contributed by atoms with Gasteiger partial charge in [-0.15, -0.1) is 0 Å². The summed E-state index contributed by atoms with van der Waals surface area (Å²) >= 11 is 0. The zero-order valence-corrected chi connectivity index (χ0v) is 12.6. The lowest BCUT2D eigenvalue weighted by Gasteiger charge is -2.28. The van der Waals surface area contributed by atoms with Crippen LogP contribution in [0, 0.1) is 5.21 Å². The van der Waals surface area contributed by atoms with Crippen LogP contribution < -0.4 is 19.4 Å². The van der Waals surface area contributed by atoms with Crippen LogP contribution >= 0.6 is 0 Å². The van der Waals surface area contributed by atoms with Crippen LogP contribution in [0.25, 0.3) is 0 Å². The summed E-state index contributed by atoms with van der Waals surface area (Å²) in [6.07, 6.45) is -0.301. The third-order valence-corrected chi connectivity index (χ3v) is 4.06. The first-order valence-corrected chi connectivity index (χ1v) is 7.51. The fraction of sp³-hybridized carbons (Fsp3) is 0.235. The molecule has 0 radical (unpaired) electrons. The van der Waals surface area contributed by atoms with Crippen LogP contribution in [0.3, 0.4) is 0 Å². The summed E-state index contributed by atoms with van der Waals surface area (Å²) in [5.41, 5.74) is 1.09. The summed E-state index contributed by atoms with van der Waals surface area (Å²) in [6, 6.07) is 9.69. The van der Waals surface area contributed by atoms with Crippen molar-refractivity contribution in [3.05, 3.63) is 52.7 Å². The summed E-state index contributed by atoms with van der Waals surface area (Å²) in [5.74, 6) is 1.55. The van der Waals surface area contributed by atoms with E-state index in [4.69, 9.17) is 19.4 Å². The Morgan fingerprint density at radius 2 is 1.79 bits per heavy atom. The molecule has 0 amide bonds. The Labute approximate surface area is 137 Å². The molecular formula is C17H14NO6-. The van der Waals surface area contributed by atoms with E-state index in [2.05, 4.69) is 0 Å². The van der Waals surface area contributed by atoms with Gasteiger partial charge in [-0.1, -0.05) is 6.07 Å². The third kappa shape index (κ3) is 2.53. The Bertz CT molecular complexity index is 804. The Hall–Kier alpha value is -2.77. The van der Waals surface area contributed by atoms with Crippen molar-refractivity contribution in [2.45, 2.75) is 12.5 Å². The molecule has 7 nitrogen and oxygen atoms in total. The first-order chi connectivity index (χ1) is 11.6. The van der Waals surface area contributed by atoms with E-state index in [9.17, 15) is 10.0 Å². The predicted molar refractivity (Wildman–Crippen MR) is 83.8 cm³/mol. The van der Waals surface area contributed by atoms with Crippen LogP contribution in [0.2, 0.25) is 0 Å². The van der Waals surface area contributed by atoms with E-state index in [0.29, 0.717) is 30.5 Å². The highest BCUT2D eigenvalue weighted by atomic mass is 16.8. The largest absolute Gasteiger partial charge is 0.733 e. The van der Waals surface area contributed by atoms with Gasteiger partial charge in [-0.2, -0.15) is 0 Å². The number of hydrogen-bond donors (Lipinski definition) is 1. The highest BCUT2D eigenvalue weighted by molar-refractivity contribution is 6.00. The van der Waals surface area contributed by atoms with Crippen molar-refractivity contribution in [1.29, 1.82) is 0 Å². The van der Waals surface area contributed by atoms with Gasteiger partial charge in [0.2, 0.25) is 0 Å². The van der Waals surface area contributed by atoms with Crippen LogP contribution in [0.15, 0.2) is 36.4 Å². The highest BCUT2D eigenvalue weighted by Crippen LogP contribution is 2.39. The van der Waals surface area contributed by atoms with Crippen molar-refractivity contribution in [3.63, 3.8) is 0 Å². The number of hydrogen-bond acceptors (Lipinski definition) is 7. The maximum Gasteiger partial charge on any atom is 0.170 e. The van der Waals surface area contributed by atoms with Crippen molar-refractivity contribution in [1.82, 2.24) is 0 Å². The van der Waals surface area contributed by atoms with Crippen LogP contribution in [-0.4, -0.2) is 24.2 Å². The number of ether oxygens (including phenoxy) is 3. The predicted octanol–water partition coefficient (Wildman–Crippen LogP) is 2.86. The molecule has 0 spiro atoms. The fourth-order valence-corrected chi connectivity index (χ4v) is 2.88. The topological polar surface area (TPSA) is 91.3 Å². The maximum atomic E-state index is 12.4. The fourth-order valence-electron chi connectivity index (χ4n) is 2.88. The number of ketones is 1. The van der Waals surface area contributed by atoms with Gasteiger partial charge in [-0.3, -0.25) is 10.0 Å². The molecule has 0 bridgehead atoms. The number of nitrogens with zero attached hydrogens (tertiary/aromatic N) is 1. The second kappa shape index (κ2) is 5.70. The molecule has 4 rings (SSSR count). The minimum absolute atomic E-state index is 0.0107. The van der Waals surface area contributed by atoms with Crippen LogP contribution in [0.4, 0.5) is 5.69 Å². The molecule has 0 saturated carbocycles. The van der Waals surface area contributed by atoms with Gasteiger partial charge in [-0.25, -0.2) is 0 Å². The lowest BCUT2D eigenvalue weighted by molar-refractivity contribution is 0.0849. The molecule has 2 aliphatic rings. The number of rotatable bonds is 2. The summed E-state index contributed by atoms with van der Waals surface area (Å²) in [6.45, 7) is 1.00. The molecule has 2 aliphatic heterocycles. The molecule has 1 N–H and O–H groups in total. The SMILES string of the molecule is O=C1CC(c2ccc3c(c2)OCCO3)Oc2ccc(N([O-])O)cc21. The van der Waals surface area contributed by atoms with E-state index in [-0.39, 0.29) is 28.7 Å². The number of carbonyl (C=O) groups is 1. The van der Waals surface area contributed by atoms with Crippen molar-refractivity contribution >= 4 is 11.5 Å². The van der Waals surface area contributed by atoms with Gasteiger partial charge in [-0.05, 0) is 35.9 Å². The molecule has 1 atom stereocenters. The molecule has 0 fully saturated rings. The Morgan fingerprint density at radius 3 is 2.58 bits per heavy atom. The number of carbonyl (C=O) groups excluding carboxylic acids is 1. The first kappa shape index (κ1) is 14.8. The zero-order chi connectivity index (χ0) is 16.7. The Morgan fingerprint density at radius 1 is 1.04 bits per heavy atom. The number of anilines is 1. The number of fused-ring (bicyclic) bond motifs is 2. The smallest absolute Gasteiger partial charge is 0.170 e. The van der Waals surface area contributed by atoms with Crippen LogP contribution in [0.5, 0.6) is 17.2 Å². The Kier molecular flexibility index (Phi) is 3.51. The summed E-state index contributed by atoms with van der Waals surface area (Å²) in [4.78, 5) is 12.4. The lowest BCUT2D eigenvalue weighted by atomic mass is 9.95. The normalized spacial score (nSPS) is 18.6. The van der Waals surface area contributed by atoms with Crippen LogP contribution in [-0.2, 0) is 0 Å². The minimum Gasteiger partial charge on any atom is -0.733 e. The van der Waals surface area contributed by atoms with Gasteiger partial charge in [0, 0.05) is 0 Å². The molecule has 0 aromatic heterocycles. The van der Waals surface area contributed by atoms with Crippen molar-refractivity contribution in [2.75, 3.05) is 18.4 Å². The quantitative estimate of drug-likeness (QED) is 0.847. The van der Waals surface area contributed by atoms with Gasteiger partial charge < -0.3 is 24.6 Å². The van der Waals surface area contributed by atoms with Crippen molar-refractivity contribution in [2.24, 2.45) is 0 Å². The lowest BCUT2D eigenvalue weighted by Crippen LogP contribution is -2.21. The summed E-state index contributed by atoms with van der Waals surface area (Å²) in [5, 5.41) is 19.6. The molecule has 124 valence electrons. The summed E-state index contributed by atoms with van der Waals surface area (Å²) < 4.78 is 16.9. The van der Waals surface area contributed by atoms with E-state index in [1.165, 1.54) is 18.2 Å². The average Bonchev–Trinajstić information content (AvgIpc) is 2.61. The molecule has 0 saturated heterocycles. The molecule has 0 aliphatic carbocycles. The zero-order valence-electron chi connectivity index (χ0n) is 12.6. The second-order valence-electron chi connectivity index (χ2n) is 5.59. The van der Waals surface area contributed by atoms with E-state index < -0.39 is 6.10 Å². The molecule has 24 heavy (non-hydrogen) atoms. The average molecular weight is 328 g/mol. The van der Waals surface area contributed by atoms with E-state index >= 15 is 0 Å². The second-order valence-corrected chi connectivity index (χ2v) is 5.59. The standard InChI is InChI=1S/C17H14NO6/c19-13-9-16(10-1-3-15-17(7-10)23-6-5-22-15)24-14-4-2-11(18(20)21)8-12(13)14/h1-4,7-8,16,20H,5-6,9H2/q-1. The molecular weight excluding hydrogens is 314 g/mol. The van der Waals surface area contributed by atoms with Gasteiger partial charge >= 0.3 is 0 Å². The first-order valence-electron chi connectivity index (χ1n) is 7.51. The van der Waals surface area contributed by atoms with E-state index in [1.807, 2.05) is 12.1 Å². The van der Waals surface area contributed by atoms with E-state index in [0.717, 1.165) is 5.56 Å². The van der Waals surface area contributed by atoms with Crippen LogP contribution in [0.1, 0.15) is 28.4 Å². The molecule has 2 heterocycles. The van der Waals surface area contributed by atoms with Crippen molar-refractivity contribution in [3.8, 4) is 17.2 Å². The minimum atomic E-state index is -0.441.